The van der Waals surface area contributed by atoms with Gasteiger partial charge in [-0.15, -0.1) is 12.4 Å². The highest BCUT2D eigenvalue weighted by Gasteiger charge is 2.34. The molecule has 1 atom stereocenters. The third kappa shape index (κ3) is 3.54. The SMILES string of the molecule is Cl.Cn1cc(S(=O)(=O)NC(CN)C2CC2)c(=O)n(C)c1=O. The summed E-state index contributed by atoms with van der Waals surface area (Å²) < 4.78 is 28.8. The van der Waals surface area contributed by atoms with E-state index in [2.05, 4.69) is 4.72 Å². The van der Waals surface area contributed by atoms with Crippen molar-refractivity contribution >= 4 is 22.4 Å². The second-order valence-corrected chi connectivity index (χ2v) is 6.73. The van der Waals surface area contributed by atoms with Gasteiger partial charge in [-0.2, -0.15) is 0 Å². The zero-order chi connectivity index (χ0) is 15.1. The van der Waals surface area contributed by atoms with Crippen LogP contribution in [0.4, 0.5) is 0 Å². The van der Waals surface area contributed by atoms with Crippen LogP contribution in [-0.2, 0) is 24.1 Å². The third-order valence-corrected chi connectivity index (χ3v) is 4.93. The Hall–Kier alpha value is -1.16. The third-order valence-electron chi connectivity index (χ3n) is 3.46. The van der Waals surface area contributed by atoms with Crippen LogP contribution >= 0.6 is 12.4 Å². The van der Waals surface area contributed by atoms with Gasteiger partial charge in [0, 0.05) is 32.9 Å². The van der Waals surface area contributed by atoms with Crippen LogP contribution < -0.4 is 21.7 Å². The number of nitrogens with two attached hydrogens (primary N) is 1. The highest BCUT2D eigenvalue weighted by Crippen LogP contribution is 2.32. The van der Waals surface area contributed by atoms with Crippen LogP contribution in [0.5, 0.6) is 0 Å². The van der Waals surface area contributed by atoms with Crippen molar-refractivity contribution in [2.24, 2.45) is 25.7 Å². The topological polar surface area (TPSA) is 116 Å². The van der Waals surface area contributed by atoms with Gasteiger partial charge in [0.15, 0.2) is 4.90 Å². The molecule has 1 fully saturated rings. The average molecular weight is 339 g/mol. The molecular formula is C11H19ClN4O4S. The number of aryl methyl sites for hydroxylation is 1. The zero-order valence-electron chi connectivity index (χ0n) is 11.8. The number of aromatic nitrogens is 2. The highest BCUT2D eigenvalue weighted by molar-refractivity contribution is 7.89. The summed E-state index contributed by atoms with van der Waals surface area (Å²) >= 11 is 0. The lowest BCUT2D eigenvalue weighted by Crippen LogP contribution is -2.46. The fourth-order valence-corrected chi connectivity index (χ4v) is 3.54. The van der Waals surface area contributed by atoms with Gasteiger partial charge in [-0.05, 0) is 18.8 Å². The second-order valence-electron chi connectivity index (χ2n) is 5.05. The fourth-order valence-electron chi connectivity index (χ4n) is 2.06. The molecule has 1 aromatic rings. The van der Waals surface area contributed by atoms with E-state index in [1.165, 1.54) is 14.1 Å². The fraction of sp³-hybridized carbons (Fsp3) is 0.636. The van der Waals surface area contributed by atoms with Crippen LogP contribution in [0.2, 0.25) is 0 Å². The molecule has 0 bridgehead atoms. The molecule has 1 aliphatic carbocycles. The van der Waals surface area contributed by atoms with Gasteiger partial charge in [-0.25, -0.2) is 17.9 Å². The van der Waals surface area contributed by atoms with Crippen molar-refractivity contribution in [3.63, 3.8) is 0 Å². The largest absolute Gasteiger partial charge is 0.330 e. The monoisotopic (exact) mass is 338 g/mol. The Kier molecular flexibility index (Phi) is 5.37. The van der Waals surface area contributed by atoms with Crippen molar-refractivity contribution in [3.05, 3.63) is 27.0 Å². The summed E-state index contributed by atoms with van der Waals surface area (Å²) in [5, 5.41) is 0. The lowest BCUT2D eigenvalue weighted by molar-refractivity contribution is 0.515. The summed E-state index contributed by atoms with van der Waals surface area (Å²) in [4.78, 5) is 23.1. The van der Waals surface area contributed by atoms with Crippen molar-refractivity contribution in [1.29, 1.82) is 0 Å². The summed E-state index contributed by atoms with van der Waals surface area (Å²) in [6.07, 6.45) is 2.89. The number of sulfonamides is 1. The highest BCUT2D eigenvalue weighted by atomic mass is 35.5. The van der Waals surface area contributed by atoms with E-state index in [0.717, 1.165) is 28.2 Å². The summed E-state index contributed by atoms with van der Waals surface area (Å²) in [5.74, 6) is 0.228. The lowest BCUT2D eigenvalue weighted by atomic mass is 10.2. The number of hydrogen-bond acceptors (Lipinski definition) is 5. The number of hydrogen-bond donors (Lipinski definition) is 2. The molecule has 0 aromatic carbocycles. The molecule has 0 aliphatic heterocycles. The standard InChI is InChI=1S/C11H18N4O4S.ClH/c1-14-6-9(10(16)15(2)11(14)17)20(18,19)13-8(5-12)7-3-4-7;/h6-8,13H,3-5,12H2,1-2H3;1H. The summed E-state index contributed by atoms with van der Waals surface area (Å²) in [6, 6.07) is -0.373. The first-order valence-electron chi connectivity index (χ1n) is 6.27. The minimum atomic E-state index is -3.99. The van der Waals surface area contributed by atoms with Crippen molar-refractivity contribution in [2.75, 3.05) is 6.54 Å². The molecular weight excluding hydrogens is 320 g/mol. The maximum atomic E-state index is 12.3. The first kappa shape index (κ1) is 17.9. The van der Waals surface area contributed by atoms with Gasteiger partial charge in [-0.1, -0.05) is 0 Å². The predicted octanol–water partition coefficient (Wildman–Crippen LogP) is -1.48. The normalized spacial score (nSPS) is 16.3. The van der Waals surface area contributed by atoms with E-state index >= 15 is 0 Å². The van der Waals surface area contributed by atoms with Crippen molar-refractivity contribution < 1.29 is 8.42 Å². The Balaban J connectivity index is 0.00000220. The van der Waals surface area contributed by atoms with Gasteiger partial charge in [0.1, 0.15) is 0 Å². The van der Waals surface area contributed by atoms with E-state index in [1.54, 1.807) is 0 Å². The Morgan fingerprint density at radius 2 is 1.95 bits per heavy atom. The molecule has 3 N–H and O–H groups in total. The molecule has 21 heavy (non-hydrogen) atoms. The number of nitrogens with one attached hydrogen (secondary N) is 1. The molecule has 8 nitrogen and oxygen atoms in total. The van der Waals surface area contributed by atoms with E-state index in [4.69, 9.17) is 5.73 Å². The van der Waals surface area contributed by atoms with E-state index in [0.29, 0.717) is 0 Å². The molecule has 2 rings (SSSR count). The molecule has 1 unspecified atom stereocenters. The van der Waals surface area contributed by atoms with E-state index in [9.17, 15) is 18.0 Å². The van der Waals surface area contributed by atoms with Crippen LogP contribution in [0.3, 0.4) is 0 Å². The Morgan fingerprint density at radius 3 is 2.43 bits per heavy atom. The van der Waals surface area contributed by atoms with Crippen LogP contribution in [0.25, 0.3) is 0 Å². The zero-order valence-corrected chi connectivity index (χ0v) is 13.4. The Morgan fingerprint density at radius 1 is 1.38 bits per heavy atom. The number of halogens is 1. The summed E-state index contributed by atoms with van der Waals surface area (Å²) in [5.41, 5.74) is 4.14. The Labute approximate surface area is 128 Å². The lowest BCUT2D eigenvalue weighted by Gasteiger charge is -2.16. The van der Waals surface area contributed by atoms with Gasteiger partial charge in [0.2, 0.25) is 10.0 Å². The van der Waals surface area contributed by atoms with Gasteiger partial charge >= 0.3 is 5.69 Å². The van der Waals surface area contributed by atoms with Crippen LogP contribution in [-0.4, -0.2) is 30.1 Å². The Bertz CT molecular complexity index is 736. The van der Waals surface area contributed by atoms with Crippen LogP contribution in [0.1, 0.15) is 12.8 Å². The first-order valence-corrected chi connectivity index (χ1v) is 7.75. The molecule has 1 saturated carbocycles. The van der Waals surface area contributed by atoms with Crippen molar-refractivity contribution in [2.45, 2.75) is 23.8 Å². The molecule has 1 aliphatic rings. The quantitative estimate of drug-likeness (QED) is 0.679. The minimum absolute atomic E-state index is 0. The molecule has 0 spiro atoms. The molecule has 0 radical (unpaired) electrons. The maximum absolute atomic E-state index is 12.3. The summed E-state index contributed by atoms with van der Waals surface area (Å²) in [7, 11) is -1.36. The van der Waals surface area contributed by atoms with E-state index in [1.807, 2.05) is 0 Å². The molecule has 120 valence electrons. The second kappa shape index (κ2) is 6.30. The molecule has 1 aromatic heterocycles. The smallest absolute Gasteiger partial charge is 0.329 e. The van der Waals surface area contributed by atoms with Gasteiger partial charge in [0.05, 0.1) is 0 Å². The van der Waals surface area contributed by atoms with Crippen molar-refractivity contribution in [1.82, 2.24) is 13.9 Å². The van der Waals surface area contributed by atoms with Gasteiger partial charge in [0.25, 0.3) is 5.56 Å². The molecule has 1 heterocycles. The summed E-state index contributed by atoms with van der Waals surface area (Å²) in [6.45, 7) is 0.177. The van der Waals surface area contributed by atoms with Crippen molar-refractivity contribution in [3.8, 4) is 0 Å². The van der Waals surface area contributed by atoms with E-state index in [-0.39, 0.29) is 30.9 Å². The maximum Gasteiger partial charge on any atom is 0.330 e. The van der Waals surface area contributed by atoms with Gasteiger partial charge in [-0.3, -0.25) is 9.36 Å². The number of nitrogens with zero attached hydrogens (tertiary/aromatic N) is 2. The predicted molar refractivity (Wildman–Crippen MR) is 80.1 cm³/mol. The van der Waals surface area contributed by atoms with Crippen LogP contribution in [0.15, 0.2) is 20.7 Å². The number of rotatable bonds is 5. The van der Waals surface area contributed by atoms with E-state index < -0.39 is 26.2 Å². The molecule has 0 amide bonds. The van der Waals surface area contributed by atoms with Gasteiger partial charge < -0.3 is 10.3 Å². The first-order chi connectivity index (χ1) is 9.27. The average Bonchev–Trinajstić information content (AvgIpc) is 3.22. The molecule has 10 heteroatoms. The minimum Gasteiger partial charge on any atom is -0.329 e. The molecule has 0 saturated heterocycles. The van der Waals surface area contributed by atoms with Crippen LogP contribution in [0, 0.1) is 5.92 Å².